The second-order valence-electron chi connectivity index (χ2n) is 4.37. The Hall–Kier alpha value is -1.71. The number of hydrogen-bond acceptors (Lipinski definition) is 3. The van der Waals surface area contributed by atoms with Crippen LogP contribution in [0.2, 0.25) is 0 Å². The highest BCUT2D eigenvalue weighted by atomic mass is 16.5. The van der Waals surface area contributed by atoms with Gasteiger partial charge in [0.25, 0.3) is 0 Å². The molecule has 1 fully saturated rings. The van der Waals surface area contributed by atoms with Gasteiger partial charge in [0.1, 0.15) is 5.75 Å². The number of carbonyl (C=O) groups excluding carboxylic acids is 1. The van der Waals surface area contributed by atoms with Gasteiger partial charge in [-0.3, -0.25) is 4.79 Å². The molecule has 98 valence electrons. The number of nitrogens with zero attached hydrogens (tertiary/aromatic N) is 1. The van der Waals surface area contributed by atoms with Crippen molar-refractivity contribution in [3.63, 3.8) is 0 Å². The lowest BCUT2D eigenvalue weighted by Crippen LogP contribution is -2.33. The van der Waals surface area contributed by atoms with E-state index in [1.54, 1.807) is 0 Å². The summed E-state index contributed by atoms with van der Waals surface area (Å²) in [5, 5.41) is 3.16. The van der Waals surface area contributed by atoms with E-state index >= 15 is 0 Å². The first-order chi connectivity index (χ1) is 8.81. The Bertz CT molecular complexity index is 401. The molecule has 1 N–H and O–H groups in total. The lowest BCUT2D eigenvalue weighted by Gasteiger charge is -2.17. The normalized spacial score (nSPS) is 14.6. The molecule has 0 atom stereocenters. The smallest absolute Gasteiger partial charge is 0.241 e. The number of hydrogen-bond donors (Lipinski definition) is 1. The van der Waals surface area contributed by atoms with Gasteiger partial charge in [0.15, 0.2) is 0 Å². The topological polar surface area (TPSA) is 41.6 Å². The Morgan fingerprint density at radius 2 is 2.06 bits per heavy atom. The summed E-state index contributed by atoms with van der Waals surface area (Å²) in [5.41, 5.74) is 0.881. The van der Waals surface area contributed by atoms with Crippen LogP contribution in [0, 0.1) is 0 Å². The van der Waals surface area contributed by atoms with E-state index in [0.717, 1.165) is 37.4 Å². The molecule has 0 radical (unpaired) electrons. The van der Waals surface area contributed by atoms with Crippen molar-refractivity contribution in [1.82, 2.24) is 4.90 Å². The van der Waals surface area contributed by atoms with E-state index in [9.17, 15) is 4.79 Å². The number of amides is 1. The highest BCUT2D eigenvalue weighted by molar-refractivity contribution is 5.81. The molecule has 1 aliphatic rings. The fourth-order valence-corrected chi connectivity index (χ4v) is 2.14. The Morgan fingerprint density at radius 1 is 1.33 bits per heavy atom. The summed E-state index contributed by atoms with van der Waals surface area (Å²) < 4.78 is 5.51. The van der Waals surface area contributed by atoms with Crippen LogP contribution in [0.25, 0.3) is 0 Å². The number of anilines is 1. The highest BCUT2D eigenvalue weighted by Gasteiger charge is 2.17. The zero-order valence-corrected chi connectivity index (χ0v) is 10.8. The van der Waals surface area contributed by atoms with Crippen LogP contribution in [0.15, 0.2) is 24.3 Å². The highest BCUT2D eigenvalue weighted by Crippen LogP contribution is 2.23. The van der Waals surface area contributed by atoms with Crippen LogP contribution in [0.5, 0.6) is 5.75 Å². The number of ether oxygens (including phenoxy) is 1. The summed E-state index contributed by atoms with van der Waals surface area (Å²) in [6.45, 7) is 4.70. The van der Waals surface area contributed by atoms with E-state index in [1.807, 2.05) is 36.1 Å². The zero-order chi connectivity index (χ0) is 12.8. The summed E-state index contributed by atoms with van der Waals surface area (Å²) in [6, 6.07) is 7.71. The van der Waals surface area contributed by atoms with Crippen molar-refractivity contribution in [2.75, 3.05) is 31.6 Å². The molecule has 1 aromatic rings. The van der Waals surface area contributed by atoms with E-state index in [0.29, 0.717) is 13.2 Å². The van der Waals surface area contributed by atoms with Crippen LogP contribution in [0.3, 0.4) is 0 Å². The van der Waals surface area contributed by atoms with Gasteiger partial charge < -0.3 is 15.0 Å². The van der Waals surface area contributed by atoms with Crippen LogP contribution in [-0.2, 0) is 4.79 Å². The van der Waals surface area contributed by atoms with E-state index in [-0.39, 0.29) is 5.91 Å². The number of likely N-dealkylation sites (tertiary alicyclic amines) is 1. The predicted octanol–water partition coefficient (Wildman–Crippen LogP) is 2.12. The van der Waals surface area contributed by atoms with E-state index in [4.69, 9.17) is 4.74 Å². The molecular formula is C14H20N2O2. The van der Waals surface area contributed by atoms with Gasteiger partial charge in [0.2, 0.25) is 5.91 Å². The second kappa shape index (κ2) is 6.28. The first-order valence-electron chi connectivity index (χ1n) is 6.54. The molecule has 1 heterocycles. The fraction of sp³-hybridized carbons (Fsp3) is 0.500. The minimum Gasteiger partial charge on any atom is -0.492 e. The number of carbonyl (C=O) groups is 1. The van der Waals surface area contributed by atoms with Gasteiger partial charge in [0.05, 0.1) is 18.8 Å². The SMILES string of the molecule is CCOc1ccccc1NCC(=O)N1CCCC1. The van der Waals surface area contributed by atoms with Gasteiger partial charge >= 0.3 is 0 Å². The minimum absolute atomic E-state index is 0.166. The van der Waals surface area contributed by atoms with Crippen LogP contribution in [0.1, 0.15) is 19.8 Å². The van der Waals surface area contributed by atoms with Gasteiger partial charge in [-0.15, -0.1) is 0 Å². The lowest BCUT2D eigenvalue weighted by atomic mass is 10.3. The third-order valence-electron chi connectivity index (χ3n) is 3.08. The average molecular weight is 248 g/mol. The molecule has 4 nitrogen and oxygen atoms in total. The number of para-hydroxylation sites is 2. The van der Waals surface area contributed by atoms with Crippen molar-refractivity contribution in [2.45, 2.75) is 19.8 Å². The number of nitrogens with one attached hydrogen (secondary N) is 1. The predicted molar refractivity (Wildman–Crippen MR) is 71.9 cm³/mol. The van der Waals surface area contributed by atoms with E-state index in [1.165, 1.54) is 0 Å². The Kier molecular flexibility index (Phi) is 4.45. The molecule has 0 bridgehead atoms. The number of rotatable bonds is 5. The maximum atomic E-state index is 11.9. The minimum atomic E-state index is 0.166. The third kappa shape index (κ3) is 3.15. The van der Waals surface area contributed by atoms with Gasteiger partial charge in [0, 0.05) is 13.1 Å². The zero-order valence-electron chi connectivity index (χ0n) is 10.8. The van der Waals surface area contributed by atoms with Crippen molar-refractivity contribution >= 4 is 11.6 Å². The molecule has 0 aromatic heterocycles. The molecule has 1 saturated heterocycles. The van der Waals surface area contributed by atoms with Crippen LogP contribution >= 0.6 is 0 Å². The van der Waals surface area contributed by atoms with Crippen molar-refractivity contribution in [3.8, 4) is 5.75 Å². The molecule has 2 rings (SSSR count). The summed E-state index contributed by atoms with van der Waals surface area (Å²) in [6.07, 6.45) is 2.25. The van der Waals surface area contributed by atoms with Gasteiger partial charge in [-0.05, 0) is 31.9 Å². The van der Waals surface area contributed by atoms with Gasteiger partial charge in [-0.1, -0.05) is 12.1 Å². The second-order valence-corrected chi connectivity index (χ2v) is 4.37. The first kappa shape index (κ1) is 12.7. The molecule has 1 aromatic carbocycles. The summed E-state index contributed by atoms with van der Waals surface area (Å²) in [7, 11) is 0. The Balaban J connectivity index is 1.90. The molecule has 4 heteroatoms. The van der Waals surface area contributed by atoms with Gasteiger partial charge in [-0.25, -0.2) is 0 Å². The quantitative estimate of drug-likeness (QED) is 0.867. The monoisotopic (exact) mass is 248 g/mol. The lowest BCUT2D eigenvalue weighted by molar-refractivity contribution is -0.128. The molecule has 1 amide bonds. The third-order valence-corrected chi connectivity index (χ3v) is 3.08. The summed E-state index contributed by atoms with van der Waals surface area (Å²) in [4.78, 5) is 13.8. The summed E-state index contributed by atoms with van der Waals surface area (Å²) in [5.74, 6) is 0.966. The molecule has 0 saturated carbocycles. The fourth-order valence-electron chi connectivity index (χ4n) is 2.14. The molecule has 0 aliphatic carbocycles. The average Bonchev–Trinajstić information content (AvgIpc) is 2.92. The van der Waals surface area contributed by atoms with Crippen LogP contribution in [0.4, 0.5) is 5.69 Å². The Morgan fingerprint density at radius 3 is 2.78 bits per heavy atom. The standard InChI is InChI=1S/C14H20N2O2/c1-2-18-13-8-4-3-7-12(13)15-11-14(17)16-9-5-6-10-16/h3-4,7-8,15H,2,5-6,9-11H2,1H3. The van der Waals surface area contributed by atoms with E-state index < -0.39 is 0 Å². The van der Waals surface area contributed by atoms with Crippen molar-refractivity contribution < 1.29 is 9.53 Å². The molecule has 0 spiro atoms. The largest absolute Gasteiger partial charge is 0.492 e. The molecule has 0 unspecified atom stereocenters. The molecule has 18 heavy (non-hydrogen) atoms. The van der Waals surface area contributed by atoms with Crippen molar-refractivity contribution in [2.24, 2.45) is 0 Å². The Labute approximate surface area is 108 Å². The van der Waals surface area contributed by atoms with Crippen LogP contribution in [-0.4, -0.2) is 37.0 Å². The summed E-state index contributed by atoms with van der Waals surface area (Å²) >= 11 is 0. The molecule has 1 aliphatic heterocycles. The van der Waals surface area contributed by atoms with Crippen LogP contribution < -0.4 is 10.1 Å². The van der Waals surface area contributed by atoms with E-state index in [2.05, 4.69) is 5.32 Å². The maximum absolute atomic E-state index is 11.9. The van der Waals surface area contributed by atoms with Crippen molar-refractivity contribution in [3.05, 3.63) is 24.3 Å². The molecular weight excluding hydrogens is 228 g/mol. The van der Waals surface area contributed by atoms with Gasteiger partial charge in [-0.2, -0.15) is 0 Å². The maximum Gasteiger partial charge on any atom is 0.241 e. The van der Waals surface area contributed by atoms with Crippen molar-refractivity contribution in [1.29, 1.82) is 0 Å². The number of benzene rings is 1. The first-order valence-corrected chi connectivity index (χ1v) is 6.54.